The van der Waals surface area contributed by atoms with Crippen molar-refractivity contribution in [1.82, 2.24) is 5.32 Å². The molecule has 0 aromatic carbocycles. The zero-order valence-electron chi connectivity index (χ0n) is 25.3. The van der Waals surface area contributed by atoms with E-state index in [1.165, 1.54) is 64.2 Å². The van der Waals surface area contributed by atoms with Crippen LogP contribution in [-0.2, 0) is 18.9 Å². The molecule has 234 valence electrons. The van der Waals surface area contributed by atoms with E-state index in [0.717, 1.165) is 38.6 Å². The predicted molar refractivity (Wildman–Crippen MR) is 160 cm³/mol. The number of hydrogen-bond donors (Lipinski definition) is 5. The molecule has 39 heavy (non-hydrogen) atoms. The number of aliphatic hydroxyl groups is 1. The molecule has 8 N–H and O–H groups in total. The van der Waals surface area contributed by atoms with Gasteiger partial charge in [-0.1, -0.05) is 90.9 Å². The van der Waals surface area contributed by atoms with Gasteiger partial charge in [-0.2, -0.15) is 0 Å². The minimum absolute atomic E-state index is 0.110. The molecule has 1 saturated heterocycles. The third kappa shape index (κ3) is 17.3. The fraction of sp³-hybridized carbons (Fsp3) is 1.00. The molecule has 0 spiro atoms. The molecule has 1 heterocycles. The van der Waals surface area contributed by atoms with E-state index < -0.39 is 18.4 Å². The van der Waals surface area contributed by atoms with Gasteiger partial charge in [0, 0.05) is 26.3 Å². The molecule has 0 aromatic heterocycles. The summed E-state index contributed by atoms with van der Waals surface area (Å²) in [5, 5.41) is 13.5. The van der Waals surface area contributed by atoms with Crippen LogP contribution in [0.15, 0.2) is 0 Å². The smallest absolute Gasteiger partial charge is 0.175 e. The minimum Gasteiger partial charge on any atom is -0.389 e. The second-order valence-corrected chi connectivity index (χ2v) is 11.1. The van der Waals surface area contributed by atoms with Crippen molar-refractivity contribution in [2.45, 2.75) is 147 Å². The van der Waals surface area contributed by atoms with Crippen molar-refractivity contribution in [2.24, 2.45) is 17.2 Å². The number of ether oxygens (including phenoxy) is 4. The first-order chi connectivity index (χ1) is 19.1. The third-order valence-corrected chi connectivity index (χ3v) is 7.43. The molecule has 0 aromatic rings. The molecular formula is C30H64N4O5. The largest absolute Gasteiger partial charge is 0.389 e. The Balaban J connectivity index is 2.61. The molecule has 1 aliphatic rings. The molecule has 6 atom stereocenters. The molecule has 0 amide bonds. The van der Waals surface area contributed by atoms with Crippen molar-refractivity contribution in [1.29, 1.82) is 0 Å². The second-order valence-electron chi connectivity index (χ2n) is 11.1. The average Bonchev–Trinajstić information content (AvgIpc) is 2.94. The van der Waals surface area contributed by atoms with Gasteiger partial charge < -0.3 is 46.6 Å². The van der Waals surface area contributed by atoms with Gasteiger partial charge in [-0.3, -0.25) is 0 Å². The van der Waals surface area contributed by atoms with Crippen LogP contribution in [0.4, 0.5) is 0 Å². The lowest BCUT2D eigenvalue weighted by atomic mass is 9.96. The van der Waals surface area contributed by atoms with E-state index in [0.29, 0.717) is 26.3 Å². The topological polar surface area (TPSA) is 147 Å². The standard InChI is InChI=1S/C30H64N4O5/c1-3-5-7-9-11-13-15-20-36-28-26(22-32)39-30(38-24-25(35)23-34-19-17-18-31)27(33)29(28)37-21-16-14-12-10-8-6-4-2/h25-30,34-35H,3-24,31-33H2,1-2H3/t25?,26-,27-,28-,29-,30+/m1/s1. The summed E-state index contributed by atoms with van der Waals surface area (Å²) in [5.41, 5.74) is 18.3. The van der Waals surface area contributed by atoms with Crippen molar-refractivity contribution in [3.05, 3.63) is 0 Å². The molecule has 0 radical (unpaired) electrons. The Morgan fingerprint density at radius 2 is 1.28 bits per heavy atom. The highest BCUT2D eigenvalue weighted by atomic mass is 16.7. The fourth-order valence-corrected chi connectivity index (χ4v) is 4.99. The minimum atomic E-state index is -0.713. The van der Waals surface area contributed by atoms with Crippen LogP contribution in [0.1, 0.15) is 110 Å². The molecule has 1 unspecified atom stereocenters. The fourth-order valence-electron chi connectivity index (χ4n) is 4.99. The van der Waals surface area contributed by atoms with E-state index in [-0.39, 0.29) is 31.5 Å². The van der Waals surface area contributed by atoms with E-state index in [1.807, 2.05) is 0 Å². The maximum absolute atomic E-state index is 10.3. The molecule has 0 saturated carbocycles. The first-order valence-electron chi connectivity index (χ1n) is 16.1. The summed E-state index contributed by atoms with van der Waals surface area (Å²) >= 11 is 0. The summed E-state index contributed by atoms with van der Waals surface area (Å²) in [6.07, 6.45) is 15.5. The van der Waals surface area contributed by atoms with Crippen LogP contribution < -0.4 is 22.5 Å². The van der Waals surface area contributed by atoms with E-state index in [2.05, 4.69) is 19.2 Å². The first kappa shape index (κ1) is 36.7. The lowest BCUT2D eigenvalue weighted by molar-refractivity contribution is -0.276. The normalized spacial score (nSPS) is 24.3. The number of nitrogens with one attached hydrogen (secondary N) is 1. The van der Waals surface area contributed by atoms with Crippen molar-refractivity contribution in [3.63, 3.8) is 0 Å². The highest BCUT2D eigenvalue weighted by molar-refractivity contribution is 4.94. The Hall–Kier alpha value is -0.360. The average molecular weight is 561 g/mol. The van der Waals surface area contributed by atoms with Crippen LogP contribution in [0, 0.1) is 0 Å². The number of unbranched alkanes of at least 4 members (excludes halogenated alkanes) is 12. The number of hydrogen-bond acceptors (Lipinski definition) is 9. The molecule has 1 fully saturated rings. The maximum atomic E-state index is 10.3. The third-order valence-electron chi connectivity index (χ3n) is 7.43. The van der Waals surface area contributed by atoms with Crippen molar-refractivity contribution < 1.29 is 24.1 Å². The maximum Gasteiger partial charge on any atom is 0.175 e. The van der Waals surface area contributed by atoms with Gasteiger partial charge in [0.1, 0.15) is 18.3 Å². The molecule has 1 rings (SSSR count). The molecule has 9 nitrogen and oxygen atoms in total. The van der Waals surface area contributed by atoms with Gasteiger partial charge in [0.15, 0.2) is 6.29 Å². The van der Waals surface area contributed by atoms with E-state index >= 15 is 0 Å². The lowest BCUT2D eigenvalue weighted by Gasteiger charge is -2.44. The summed E-state index contributed by atoms with van der Waals surface area (Å²) in [4.78, 5) is 0. The highest BCUT2D eigenvalue weighted by Gasteiger charge is 2.46. The predicted octanol–water partition coefficient (Wildman–Crippen LogP) is 3.58. The molecule has 0 aliphatic carbocycles. The summed E-state index contributed by atoms with van der Waals surface area (Å²) in [5.74, 6) is 0. The Labute approximate surface area is 239 Å². The van der Waals surface area contributed by atoms with Crippen LogP contribution >= 0.6 is 0 Å². The monoisotopic (exact) mass is 560 g/mol. The van der Waals surface area contributed by atoms with Gasteiger partial charge in [0.05, 0.1) is 18.8 Å². The van der Waals surface area contributed by atoms with Crippen LogP contribution in [0.3, 0.4) is 0 Å². The van der Waals surface area contributed by atoms with Gasteiger partial charge in [-0.25, -0.2) is 0 Å². The van der Waals surface area contributed by atoms with E-state index in [1.54, 1.807) is 0 Å². The zero-order chi connectivity index (χ0) is 28.6. The summed E-state index contributed by atoms with van der Waals surface area (Å²) in [6, 6.07) is -0.534. The molecular weight excluding hydrogens is 496 g/mol. The zero-order valence-corrected chi connectivity index (χ0v) is 25.3. The summed E-state index contributed by atoms with van der Waals surface area (Å²) < 4.78 is 24.8. The molecule has 9 heteroatoms. The Kier molecular flexibility index (Phi) is 23.8. The number of rotatable bonds is 27. The van der Waals surface area contributed by atoms with Gasteiger partial charge in [0.2, 0.25) is 0 Å². The van der Waals surface area contributed by atoms with Gasteiger partial charge in [-0.15, -0.1) is 0 Å². The molecule has 0 bridgehead atoms. The first-order valence-corrected chi connectivity index (χ1v) is 16.1. The van der Waals surface area contributed by atoms with E-state index in [9.17, 15) is 5.11 Å². The number of nitrogens with two attached hydrogens (primary N) is 3. The van der Waals surface area contributed by atoms with Gasteiger partial charge in [-0.05, 0) is 32.4 Å². The second kappa shape index (κ2) is 25.4. The Bertz CT molecular complexity index is 534. The number of aliphatic hydroxyl groups excluding tert-OH is 1. The van der Waals surface area contributed by atoms with Crippen molar-refractivity contribution in [2.75, 3.05) is 46.0 Å². The van der Waals surface area contributed by atoms with Crippen molar-refractivity contribution in [3.8, 4) is 0 Å². The van der Waals surface area contributed by atoms with Gasteiger partial charge >= 0.3 is 0 Å². The summed E-state index contributed by atoms with van der Waals surface area (Å²) in [6.45, 7) is 7.94. The Morgan fingerprint density at radius 1 is 0.744 bits per heavy atom. The van der Waals surface area contributed by atoms with Crippen LogP contribution in [0.25, 0.3) is 0 Å². The Morgan fingerprint density at radius 3 is 1.82 bits per heavy atom. The lowest BCUT2D eigenvalue weighted by Crippen LogP contribution is -2.65. The van der Waals surface area contributed by atoms with Crippen LogP contribution in [0.5, 0.6) is 0 Å². The van der Waals surface area contributed by atoms with E-state index in [4.69, 9.17) is 36.1 Å². The highest BCUT2D eigenvalue weighted by Crippen LogP contribution is 2.26. The SMILES string of the molecule is CCCCCCCCCO[C@@H]1[C@@H](N)[C@@H](OCC(O)CNCCCN)O[C@H](CN)[C@H]1OCCCCCCCCC. The quantitative estimate of drug-likeness (QED) is 0.0951. The molecule has 1 aliphatic heterocycles. The van der Waals surface area contributed by atoms with Gasteiger partial charge in [0.25, 0.3) is 0 Å². The summed E-state index contributed by atoms with van der Waals surface area (Å²) in [7, 11) is 0. The van der Waals surface area contributed by atoms with Crippen molar-refractivity contribution >= 4 is 0 Å². The van der Waals surface area contributed by atoms with Crippen LogP contribution in [-0.4, -0.2) is 87.9 Å². The van der Waals surface area contributed by atoms with Crippen LogP contribution in [0.2, 0.25) is 0 Å².